The van der Waals surface area contributed by atoms with Crippen LogP contribution < -0.4 is 5.73 Å². The summed E-state index contributed by atoms with van der Waals surface area (Å²) in [5.41, 5.74) is 7.70. The third-order valence-corrected chi connectivity index (χ3v) is 2.50. The van der Waals surface area contributed by atoms with Crippen molar-refractivity contribution in [2.75, 3.05) is 0 Å². The summed E-state index contributed by atoms with van der Waals surface area (Å²) in [5, 5.41) is 16.0. The Balaban J connectivity index is 3.06. The van der Waals surface area contributed by atoms with Crippen molar-refractivity contribution in [3.8, 4) is 0 Å². The van der Waals surface area contributed by atoms with Crippen LogP contribution in [0.2, 0.25) is 0 Å². The summed E-state index contributed by atoms with van der Waals surface area (Å²) in [6.07, 6.45) is 1.78. The first kappa shape index (κ1) is 11.6. The maximum absolute atomic E-state index is 8.62. The van der Waals surface area contributed by atoms with E-state index in [0.717, 1.165) is 24.2 Å². The van der Waals surface area contributed by atoms with Crippen molar-refractivity contribution in [2.24, 2.45) is 10.9 Å². The molecule has 1 atom stereocenters. The van der Waals surface area contributed by atoms with Gasteiger partial charge in [-0.25, -0.2) is 0 Å². The zero-order valence-electron chi connectivity index (χ0n) is 9.44. The fourth-order valence-electron chi connectivity index (χ4n) is 1.47. The Hall–Kier alpha value is -1.52. The Morgan fingerprint density at radius 1 is 1.60 bits per heavy atom. The van der Waals surface area contributed by atoms with Crippen LogP contribution in [0, 0.1) is 0 Å². The van der Waals surface area contributed by atoms with Crippen LogP contribution >= 0.6 is 0 Å². The maximum atomic E-state index is 8.62. The smallest absolute Gasteiger partial charge is 0.163 e. The molecule has 1 heterocycles. The lowest BCUT2D eigenvalue weighted by Crippen LogP contribution is -2.26. The predicted octanol–water partition coefficient (Wildman–Crippen LogP) is 1.32. The van der Waals surface area contributed by atoms with E-state index in [9.17, 15) is 0 Å². The fraction of sp³-hybridized carbons (Fsp3) is 0.600. The van der Waals surface area contributed by atoms with Crippen LogP contribution in [-0.2, 0) is 12.8 Å². The van der Waals surface area contributed by atoms with Crippen molar-refractivity contribution in [1.82, 2.24) is 9.78 Å². The van der Waals surface area contributed by atoms with E-state index in [1.54, 1.807) is 0 Å². The van der Waals surface area contributed by atoms with Crippen molar-refractivity contribution in [3.63, 3.8) is 0 Å². The largest absolute Gasteiger partial charge is 0.409 e. The molecule has 0 radical (unpaired) electrons. The molecule has 0 amide bonds. The number of nitrogens with zero attached hydrogens (tertiary/aromatic N) is 3. The van der Waals surface area contributed by atoms with E-state index in [1.807, 2.05) is 11.6 Å². The van der Waals surface area contributed by atoms with E-state index >= 15 is 0 Å². The van der Waals surface area contributed by atoms with Crippen LogP contribution in [0.3, 0.4) is 0 Å². The van der Waals surface area contributed by atoms with Gasteiger partial charge in [0.05, 0.1) is 5.69 Å². The van der Waals surface area contributed by atoms with Gasteiger partial charge in [-0.15, -0.1) is 0 Å². The molecule has 0 aliphatic heterocycles. The van der Waals surface area contributed by atoms with Gasteiger partial charge in [0.2, 0.25) is 0 Å². The molecule has 0 saturated carbocycles. The molecule has 1 unspecified atom stereocenters. The normalized spacial score (nSPS) is 14.2. The standard InChI is InChI=1S/C10H18N4O/c1-4-8-6-9(5-2)14(12-8)7(3)10(11)13-15/h6-7,15H,4-5H2,1-3H3,(H2,11,13). The monoisotopic (exact) mass is 210 g/mol. The highest BCUT2D eigenvalue weighted by atomic mass is 16.4. The molecule has 84 valence electrons. The topological polar surface area (TPSA) is 76.4 Å². The molecule has 0 fully saturated rings. The molecule has 0 aliphatic rings. The van der Waals surface area contributed by atoms with Crippen molar-refractivity contribution < 1.29 is 5.21 Å². The molecule has 15 heavy (non-hydrogen) atoms. The number of rotatable bonds is 4. The van der Waals surface area contributed by atoms with E-state index in [0.29, 0.717) is 0 Å². The molecular weight excluding hydrogens is 192 g/mol. The lowest BCUT2D eigenvalue weighted by molar-refractivity contribution is 0.313. The molecular formula is C10H18N4O. The quantitative estimate of drug-likeness (QED) is 0.340. The van der Waals surface area contributed by atoms with Crippen LogP contribution in [0.15, 0.2) is 11.2 Å². The van der Waals surface area contributed by atoms with Gasteiger partial charge >= 0.3 is 0 Å². The molecule has 0 aliphatic carbocycles. The van der Waals surface area contributed by atoms with Crippen molar-refractivity contribution in [2.45, 2.75) is 39.7 Å². The maximum Gasteiger partial charge on any atom is 0.163 e. The Labute approximate surface area is 89.6 Å². The van der Waals surface area contributed by atoms with E-state index in [4.69, 9.17) is 10.9 Å². The summed E-state index contributed by atoms with van der Waals surface area (Å²) >= 11 is 0. The van der Waals surface area contributed by atoms with Gasteiger partial charge in [-0.05, 0) is 25.8 Å². The van der Waals surface area contributed by atoms with Gasteiger partial charge < -0.3 is 10.9 Å². The summed E-state index contributed by atoms with van der Waals surface area (Å²) in [4.78, 5) is 0. The molecule has 5 heteroatoms. The second-order valence-electron chi connectivity index (χ2n) is 3.48. The molecule has 1 aromatic heterocycles. The van der Waals surface area contributed by atoms with E-state index in [1.165, 1.54) is 0 Å². The van der Waals surface area contributed by atoms with Crippen LogP contribution in [0.1, 0.15) is 38.2 Å². The molecule has 0 aromatic carbocycles. The fourth-order valence-corrected chi connectivity index (χ4v) is 1.47. The number of hydrogen-bond donors (Lipinski definition) is 2. The highest BCUT2D eigenvalue weighted by molar-refractivity contribution is 5.83. The lowest BCUT2D eigenvalue weighted by atomic mass is 10.2. The lowest BCUT2D eigenvalue weighted by Gasteiger charge is -2.13. The van der Waals surface area contributed by atoms with Crippen molar-refractivity contribution >= 4 is 5.84 Å². The van der Waals surface area contributed by atoms with Crippen LogP contribution in [0.5, 0.6) is 0 Å². The third-order valence-electron chi connectivity index (χ3n) is 2.50. The molecule has 5 nitrogen and oxygen atoms in total. The van der Waals surface area contributed by atoms with E-state index < -0.39 is 0 Å². The second-order valence-corrected chi connectivity index (χ2v) is 3.48. The second kappa shape index (κ2) is 4.82. The van der Waals surface area contributed by atoms with Gasteiger partial charge in [0, 0.05) is 5.69 Å². The number of amidine groups is 1. The average Bonchev–Trinajstić information content (AvgIpc) is 2.69. The Morgan fingerprint density at radius 2 is 2.27 bits per heavy atom. The van der Waals surface area contributed by atoms with Gasteiger partial charge in [-0.3, -0.25) is 4.68 Å². The first-order valence-electron chi connectivity index (χ1n) is 5.18. The van der Waals surface area contributed by atoms with Gasteiger partial charge in [0.15, 0.2) is 5.84 Å². The zero-order valence-corrected chi connectivity index (χ0v) is 9.44. The molecule has 0 saturated heterocycles. The number of aryl methyl sites for hydroxylation is 2. The molecule has 1 rings (SSSR count). The van der Waals surface area contributed by atoms with Gasteiger partial charge in [0.1, 0.15) is 6.04 Å². The molecule has 1 aromatic rings. The first-order chi connectivity index (χ1) is 7.13. The molecule has 0 spiro atoms. The van der Waals surface area contributed by atoms with Crippen LogP contribution in [-0.4, -0.2) is 20.8 Å². The van der Waals surface area contributed by atoms with Crippen LogP contribution in [0.25, 0.3) is 0 Å². The minimum atomic E-state index is -0.203. The molecule has 3 N–H and O–H groups in total. The van der Waals surface area contributed by atoms with E-state index in [2.05, 4.69) is 30.2 Å². The predicted molar refractivity (Wildman–Crippen MR) is 59.1 cm³/mol. The minimum absolute atomic E-state index is 0.176. The summed E-state index contributed by atoms with van der Waals surface area (Å²) in [5.74, 6) is 0.176. The number of oxime groups is 1. The van der Waals surface area contributed by atoms with Crippen molar-refractivity contribution in [1.29, 1.82) is 0 Å². The summed E-state index contributed by atoms with van der Waals surface area (Å²) in [7, 11) is 0. The average molecular weight is 210 g/mol. The summed E-state index contributed by atoms with van der Waals surface area (Å²) < 4.78 is 1.81. The zero-order chi connectivity index (χ0) is 11.4. The summed E-state index contributed by atoms with van der Waals surface area (Å²) in [6, 6.07) is 1.85. The first-order valence-corrected chi connectivity index (χ1v) is 5.18. The molecule has 0 bridgehead atoms. The third kappa shape index (κ3) is 2.29. The summed E-state index contributed by atoms with van der Waals surface area (Å²) in [6.45, 7) is 5.98. The number of nitrogens with two attached hydrogens (primary N) is 1. The number of hydrogen-bond acceptors (Lipinski definition) is 3. The van der Waals surface area contributed by atoms with Crippen LogP contribution in [0.4, 0.5) is 0 Å². The highest BCUT2D eigenvalue weighted by Gasteiger charge is 2.15. The van der Waals surface area contributed by atoms with Gasteiger partial charge in [-0.2, -0.15) is 5.10 Å². The van der Waals surface area contributed by atoms with Gasteiger partial charge in [-0.1, -0.05) is 19.0 Å². The Bertz CT molecular complexity index is 356. The van der Waals surface area contributed by atoms with Gasteiger partial charge in [0.25, 0.3) is 0 Å². The highest BCUT2D eigenvalue weighted by Crippen LogP contribution is 2.13. The SMILES string of the molecule is CCc1cc(CC)n(C(C)/C(N)=N/O)n1. The van der Waals surface area contributed by atoms with E-state index in [-0.39, 0.29) is 11.9 Å². The Morgan fingerprint density at radius 3 is 2.73 bits per heavy atom. The minimum Gasteiger partial charge on any atom is -0.409 e. The van der Waals surface area contributed by atoms with Crippen molar-refractivity contribution in [3.05, 3.63) is 17.5 Å². The Kier molecular flexibility index (Phi) is 3.71. The number of aromatic nitrogens is 2.